The Kier molecular flexibility index (Phi) is 9.07. The molecule has 0 aliphatic rings. The van der Waals surface area contributed by atoms with Crippen molar-refractivity contribution >= 4 is 17.3 Å². The second kappa shape index (κ2) is 12.8. The van der Waals surface area contributed by atoms with Gasteiger partial charge in [-0.25, -0.2) is 13.8 Å². The van der Waals surface area contributed by atoms with E-state index in [2.05, 4.69) is 41.4 Å². The number of fused-ring (bicyclic) bond motifs is 1. The summed E-state index contributed by atoms with van der Waals surface area (Å²) in [6.45, 7) is 4.30. The molecule has 2 aromatic heterocycles. The van der Waals surface area contributed by atoms with Gasteiger partial charge in [-0.2, -0.15) is 9.61 Å². The Labute approximate surface area is 221 Å². The molecule has 0 radical (unpaired) electrons. The molecule has 2 heterocycles. The molecule has 196 valence electrons. The van der Waals surface area contributed by atoms with Crippen LogP contribution in [0.15, 0.2) is 72.9 Å². The summed E-state index contributed by atoms with van der Waals surface area (Å²) in [5.41, 5.74) is 2.99. The second-order valence-corrected chi connectivity index (χ2v) is 9.17. The van der Waals surface area contributed by atoms with Gasteiger partial charge >= 0.3 is 0 Å². The van der Waals surface area contributed by atoms with Crippen LogP contribution in [0.3, 0.4) is 0 Å². The zero-order valence-corrected chi connectivity index (χ0v) is 21.5. The van der Waals surface area contributed by atoms with Gasteiger partial charge in [-0.05, 0) is 42.7 Å². The first-order chi connectivity index (χ1) is 18.4. The lowest BCUT2D eigenvalue weighted by Crippen LogP contribution is -2.22. The largest absolute Gasteiger partial charge is 0.394 e. The highest BCUT2D eigenvalue weighted by molar-refractivity contribution is 5.61. The first-order valence-corrected chi connectivity index (χ1v) is 12.6. The van der Waals surface area contributed by atoms with E-state index in [1.54, 1.807) is 47.1 Å². The molecule has 4 aromatic rings. The Bertz CT molecular complexity index is 1450. The Morgan fingerprint density at radius 1 is 1.11 bits per heavy atom. The summed E-state index contributed by atoms with van der Waals surface area (Å²) in [7, 11) is 0. The van der Waals surface area contributed by atoms with Crippen molar-refractivity contribution in [2.75, 3.05) is 17.2 Å². The maximum absolute atomic E-state index is 14.2. The van der Waals surface area contributed by atoms with Crippen molar-refractivity contribution in [3.8, 4) is 11.8 Å². The first-order valence-electron chi connectivity index (χ1n) is 12.6. The topological polar surface area (TPSA) is 74.5 Å². The second-order valence-electron chi connectivity index (χ2n) is 9.17. The minimum atomic E-state index is -0.361. The van der Waals surface area contributed by atoms with Gasteiger partial charge in [0, 0.05) is 35.7 Å². The number of rotatable bonds is 10. The van der Waals surface area contributed by atoms with Gasteiger partial charge in [0.25, 0.3) is 0 Å². The smallest absolute Gasteiger partial charge is 0.163 e. The number of allylic oxidation sites excluding steroid dienone is 1. The van der Waals surface area contributed by atoms with Gasteiger partial charge in [-0.3, -0.25) is 0 Å². The SMILES string of the molecule is CC(C)c1cnn2c(NCc3ccccc3F)cc(N[C@H](/C=C/CCC#Cc3ccc(F)cc3)CO)nc12. The molecule has 0 unspecified atom stereocenters. The molecule has 0 spiro atoms. The summed E-state index contributed by atoms with van der Waals surface area (Å²) in [6.07, 6.45) is 6.98. The lowest BCUT2D eigenvalue weighted by atomic mass is 10.1. The Balaban J connectivity index is 1.46. The van der Waals surface area contributed by atoms with Crippen molar-refractivity contribution in [1.29, 1.82) is 0 Å². The van der Waals surface area contributed by atoms with E-state index >= 15 is 0 Å². The fourth-order valence-electron chi connectivity index (χ4n) is 3.87. The standard InChI is InChI=1S/C30H31F2N5O/c1-21(2)26-19-34-37-29(33-18-23-10-7-8-12-27(23)32)17-28(36-30(26)37)35-25(20-38)11-6-4-3-5-9-22-13-15-24(31)16-14-22/h6-8,10-17,19,21,25,33,38H,3-4,18,20H2,1-2H3,(H,35,36)/b11-6+/t25-/m1/s1. The quantitative estimate of drug-likeness (QED) is 0.139. The van der Waals surface area contributed by atoms with Crippen LogP contribution in [0.1, 0.15) is 49.3 Å². The summed E-state index contributed by atoms with van der Waals surface area (Å²) in [5, 5.41) is 21.0. The number of unbranched alkanes of at least 4 members (excludes halogenated alkanes) is 1. The molecule has 1 atom stereocenters. The third-order valence-electron chi connectivity index (χ3n) is 5.95. The van der Waals surface area contributed by atoms with Crippen LogP contribution in [0.5, 0.6) is 0 Å². The van der Waals surface area contributed by atoms with E-state index in [1.165, 1.54) is 18.2 Å². The van der Waals surface area contributed by atoms with E-state index in [0.29, 0.717) is 35.7 Å². The Morgan fingerprint density at radius 3 is 2.63 bits per heavy atom. The van der Waals surface area contributed by atoms with Crippen LogP contribution in [0, 0.1) is 23.5 Å². The maximum atomic E-state index is 14.2. The monoisotopic (exact) mass is 515 g/mol. The summed E-state index contributed by atoms with van der Waals surface area (Å²) in [4.78, 5) is 4.76. The highest BCUT2D eigenvalue weighted by Crippen LogP contribution is 2.25. The van der Waals surface area contributed by atoms with E-state index in [9.17, 15) is 13.9 Å². The number of hydrogen-bond acceptors (Lipinski definition) is 5. The molecule has 0 amide bonds. The number of nitrogens with zero attached hydrogens (tertiary/aromatic N) is 3. The summed E-state index contributed by atoms with van der Waals surface area (Å²) in [5.74, 6) is 6.95. The van der Waals surface area contributed by atoms with Crippen LogP contribution < -0.4 is 10.6 Å². The molecule has 8 heteroatoms. The molecule has 0 saturated heterocycles. The molecule has 0 bridgehead atoms. The lowest BCUT2D eigenvalue weighted by Gasteiger charge is -2.16. The third-order valence-corrected chi connectivity index (χ3v) is 5.95. The van der Waals surface area contributed by atoms with Gasteiger partial charge < -0.3 is 15.7 Å². The number of aromatic nitrogens is 3. The molecular weight excluding hydrogens is 484 g/mol. The van der Waals surface area contributed by atoms with Crippen molar-refractivity contribution in [3.05, 3.63) is 101 Å². The predicted octanol–water partition coefficient (Wildman–Crippen LogP) is 5.90. The lowest BCUT2D eigenvalue weighted by molar-refractivity contribution is 0.290. The highest BCUT2D eigenvalue weighted by Gasteiger charge is 2.15. The van der Waals surface area contributed by atoms with Crippen LogP contribution in [0.25, 0.3) is 5.65 Å². The summed E-state index contributed by atoms with van der Waals surface area (Å²) in [6, 6.07) is 14.2. The predicted molar refractivity (Wildman–Crippen MR) is 147 cm³/mol. The van der Waals surface area contributed by atoms with E-state index < -0.39 is 0 Å². The Morgan fingerprint density at radius 2 is 1.89 bits per heavy atom. The summed E-state index contributed by atoms with van der Waals surface area (Å²) < 4.78 is 28.9. The number of halogens is 2. The van der Waals surface area contributed by atoms with Crippen molar-refractivity contribution in [3.63, 3.8) is 0 Å². The fourth-order valence-corrected chi connectivity index (χ4v) is 3.87. The molecule has 6 nitrogen and oxygen atoms in total. The number of aliphatic hydroxyl groups is 1. The Hall–Kier alpha value is -4.22. The van der Waals surface area contributed by atoms with Gasteiger partial charge in [-0.1, -0.05) is 56.0 Å². The van der Waals surface area contributed by atoms with Crippen molar-refractivity contribution < 1.29 is 13.9 Å². The van der Waals surface area contributed by atoms with Gasteiger partial charge in [0.15, 0.2) is 5.65 Å². The van der Waals surface area contributed by atoms with E-state index in [-0.39, 0.29) is 36.7 Å². The van der Waals surface area contributed by atoms with Crippen molar-refractivity contribution in [2.45, 2.75) is 45.2 Å². The van der Waals surface area contributed by atoms with Crippen LogP contribution >= 0.6 is 0 Å². The number of aliphatic hydroxyl groups excluding tert-OH is 1. The molecular formula is C30H31F2N5O. The number of nitrogens with one attached hydrogen (secondary N) is 2. The average Bonchev–Trinajstić information content (AvgIpc) is 3.35. The fraction of sp³-hybridized carbons (Fsp3) is 0.267. The molecule has 38 heavy (non-hydrogen) atoms. The zero-order chi connectivity index (χ0) is 26.9. The van der Waals surface area contributed by atoms with E-state index in [1.807, 2.05) is 12.2 Å². The molecule has 3 N–H and O–H groups in total. The van der Waals surface area contributed by atoms with Gasteiger partial charge in [0.1, 0.15) is 23.3 Å². The maximum Gasteiger partial charge on any atom is 0.163 e. The molecule has 2 aromatic carbocycles. The molecule has 0 aliphatic carbocycles. The minimum absolute atomic E-state index is 0.126. The number of anilines is 2. The molecule has 4 rings (SSSR count). The van der Waals surface area contributed by atoms with Crippen LogP contribution in [0.4, 0.5) is 20.4 Å². The normalized spacial score (nSPS) is 12.1. The average molecular weight is 516 g/mol. The van der Waals surface area contributed by atoms with E-state index in [0.717, 1.165) is 11.1 Å². The molecule has 0 fully saturated rings. The van der Waals surface area contributed by atoms with Crippen LogP contribution in [0.2, 0.25) is 0 Å². The summed E-state index contributed by atoms with van der Waals surface area (Å²) >= 11 is 0. The van der Waals surface area contributed by atoms with Crippen molar-refractivity contribution in [1.82, 2.24) is 14.6 Å². The van der Waals surface area contributed by atoms with Gasteiger partial charge in [0.05, 0.1) is 18.8 Å². The van der Waals surface area contributed by atoms with Gasteiger partial charge in [-0.15, -0.1) is 0 Å². The molecule has 0 saturated carbocycles. The van der Waals surface area contributed by atoms with Crippen LogP contribution in [-0.4, -0.2) is 32.4 Å². The van der Waals surface area contributed by atoms with Crippen molar-refractivity contribution in [2.24, 2.45) is 0 Å². The first kappa shape index (κ1) is 26.8. The number of hydrogen-bond donors (Lipinski definition) is 3. The third kappa shape index (κ3) is 6.96. The van der Waals surface area contributed by atoms with E-state index in [4.69, 9.17) is 4.98 Å². The number of benzene rings is 2. The van der Waals surface area contributed by atoms with Gasteiger partial charge in [0.2, 0.25) is 0 Å². The minimum Gasteiger partial charge on any atom is -0.394 e. The van der Waals surface area contributed by atoms with Crippen LogP contribution in [-0.2, 0) is 6.54 Å². The zero-order valence-electron chi connectivity index (χ0n) is 21.5. The molecule has 0 aliphatic heterocycles. The highest BCUT2D eigenvalue weighted by atomic mass is 19.1.